The molecular weight excluding hydrogens is 282 g/mol. The number of nitrogen functional groups attached to an aromatic ring is 1. The number of amides is 1. The van der Waals surface area contributed by atoms with Gasteiger partial charge in [-0.2, -0.15) is 0 Å². The molecule has 0 bridgehead atoms. The van der Waals surface area contributed by atoms with Crippen molar-refractivity contribution < 1.29 is 4.79 Å². The van der Waals surface area contributed by atoms with Crippen LogP contribution < -0.4 is 11.1 Å². The van der Waals surface area contributed by atoms with Gasteiger partial charge in [-0.05, 0) is 38.0 Å². The van der Waals surface area contributed by atoms with E-state index in [-0.39, 0.29) is 5.91 Å². The Balaban J connectivity index is 2.02. The van der Waals surface area contributed by atoms with Crippen LogP contribution in [-0.2, 0) is 23.2 Å². The molecule has 1 heterocycles. The number of carbonyl (C=O) groups excluding carboxylic acids is 1. The minimum atomic E-state index is -0.599. The summed E-state index contributed by atoms with van der Waals surface area (Å²) in [6.07, 6.45) is 2.85. The minimum absolute atomic E-state index is 0.0134. The van der Waals surface area contributed by atoms with Crippen LogP contribution in [0.2, 0.25) is 0 Å². The number of nitrogens with one attached hydrogen (secondary N) is 1. The molecule has 0 fully saturated rings. The Hall–Kier alpha value is -1.88. The van der Waals surface area contributed by atoms with E-state index in [0.29, 0.717) is 12.2 Å². The van der Waals surface area contributed by atoms with Crippen LogP contribution in [0.5, 0.6) is 0 Å². The lowest BCUT2D eigenvalue weighted by molar-refractivity contribution is -0.125. The Labute approximate surface area is 129 Å². The first-order valence-electron chi connectivity index (χ1n) is 7.01. The molecule has 5 heteroatoms. The molecule has 0 unspecified atom stereocenters. The van der Waals surface area contributed by atoms with E-state index in [4.69, 9.17) is 5.73 Å². The van der Waals surface area contributed by atoms with Crippen molar-refractivity contribution in [2.75, 3.05) is 5.73 Å². The first-order chi connectivity index (χ1) is 9.93. The Morgan fingerprint density at radius 1 is 1.33 bits per heavy atom. The molecule has 0 radical (unpaired) electrons. The first kappa shape index (κ1) is 15.5. The van der Waals surface area contributed by atoms with E-state index in [2.05, 4.69) is 17.2 Å². The van der Waals surface area contributed by atoms with Crippen molar-refractivity contribution in [1.82, 2.24) is 10.3 Å². The lowest BCUT2D eigenvalue weighted by Crippen LogP contribution is -2.39. The van der Waals surface area contributed by atoms with Gasteiger partial charge in [-0.3, -0.25) is 4.79 Å². The Morgan fingerprint density at radius 2 is 2.00 bits per heavy atom. The van der Waals surface area contributed by atoms with E-state index in [1.54, 1.807) is 11.3 Å². The number of aromatic nitrogens is 1. The van der Waals surface area contributed by atoms with E-state index in [9.17, 15) is 4.79 Å². The highest BCUT2D eigenvalue weighted by molar-refractivity contribution is 7.11. The fraction of sp³-hybridized carbons (Fsp3) is 0.375. The van der Waals surface area contributed by atoms with Crippen molar-refractivity contribution >= 4 is 22.9 Å². The van der Waals surface area contributed by atoms with Crippen molar-refractivity contribution in [2.45, 2.75) is 39.2 Å². The van der Waals surface area contributed by atoms with Crippen LogP contribution >= 0.6 is 11.3 Å². The van der Waals surface area contributed by atoms with Crippen molar-refractivity contribution in [2.24, 2.45) is 0 Å². The van der Waals surface area contributed by atoms with Crippen molar-refractivity contribution in [1.29, 1.82) is 0 Å². The second-order valence-electron chi connectivity index (χ2n) is 5.50. The van der Waals surface area contributed by atoms with Crippen LogP contribution in [-0.4, -0.2) is 10.9 Å². The van der Waals surface area contributed by atoms with Crippen molar-refractivity contribution in [3.05, 3.63) is 45.9 Å². The van der Waals surface area contributed by atoms with E-state index < -0.39 is 5.41 Å². The second-order valence-corrected chi connectivity index (χ2v) is 6.70. The number of thiazole rings is 1. The minimum Gasteiger partial charge on any atom is -0.399 e. The molecular formula is C16H21N3OS. The van der Waals surface area contributed by atoms with Gasteiger partial charge in [0.15, 0.2) is 0 Å². The molecule has 112 valence electrons. The lowest BCUT2D eigenvalue weighted by atomic mass is 9.83. The van der Waals surface area contributed by atoms with Gasteiger partial charge >= 0.3 is 0 Å². The Morgan fingerprint density at radius 3 is 2.57 bits per heavy atom. The lowest BCUT2D eigenvalue weighted by Gasteiger charge is -2.24. The fourth-order valence-electron chi connectivity index (χ4n) is 2.00. The molecule has 0 aliphatic carbocycles. The topological polar surface area (TPSA) is 68.0 Å². The van der Waals surface area contributed by atoms with Gasteiger partial charge in [0.05, 0.1) is 12.0 Å². The molecule has 2 aromatic rings. The molecule has 21 heavy (non-hydrogen) atoms. The van der Waals surface area contributed by atoms with Crippen LogP contribution in [0.4, 0.5) is 5.69 Å². The number of nitrogens with two attached hydrogens (primary N) is 1. The molecule has 0 spiro atoms. The van der Waals surface area contributed by atoms with E-state index in [0.717, 1.165) is 17.0 Å². The zero-order valence-electron chi connectivity index (χ0n) is 12.6. The second kappa shape index (κ2) is 6.26. The van der Waals surface area contributed by atoms with Gasteiger partial charge in [0.1, 0.15) is 5.01 Å². The predicted molar refractivity (Wildman–Crippen MR) is 87.2 cm³/mol. The van der Waals surface area contributed by atoms with Crippen molar-refractivity contribution in [3.63, 3.8) is 0 Å². The van der Waals surface area contributed by atoms with Gasteiger partial charge in [-0.25, -0.2) is 4.98 Å². The van der Waals surface area contributed by atoms with Crippen LogP contribution in [0, 0.1) is 0 Å². The first-order valence-corrected chi connectivity index (χ1v) is 7.83. The monoisotopic (exact) mass is 303 g/mol. The number of hydrogen-bond acceptors (Lipinski definition) is 4. The van der Waals surface area contributed by atoms with Gasteiger partial charge in [0.2, 0.25) is 5.91 Å². The third kappa shape index (κ3) is 3.61. The van der Waals surface area contributed by atoms with E-state index in [1.165, 1.54) is 4.88 Å². The van der Waals surface area contributed by atoms with Crippen LogP contribution in [0.1, 0.15) is 36.2 Å². The normalized spacial score (nSPS) is 11.4. The summed E-state index contributed by atoms with van der Waals surface area (Å²) in [7, 11) is 0. The zero-order valence-corrected chi connectivity index (χ0v) is 13.5. The molecule has 0 saturated heterocycles. The third-order valence-corrected chi connectivity index (χ3v) is 4.69. The molecule has 4 nitrogen and oxygen atoms in total. The standard InChI is InChI=1S/C16H21N3OS/c1-4-13-9-18-14(21-13)10-19-15(20)16(2,3)11-5-7-12(17)8-6-11/h5-9H,4,10,17H2,1-3H3,(H,19,20). The van der Waals surface area contributed by atoms with E-state index >= 15 is 0 Å². The molecule has 3 N–H and O–H groups in total. The number of nitrogens with zero attached hydrogens (tertiary/aromatic N) is 1. The summed E-state index contributed by atoms with van der Waals surface area (Å²) in [5, 5.41) is 3.91. The van der Waals surface area contributed by atoms with Crippen LogP contribution in [0.15, 0.2) is 30.5 Å². The highest BCUT2D eigenvalue weighted by Gasteiger charge is 2.29. The van der Waals surface area contributed by atoms with Gasteiger partial charge in [0.25, 0.3) is 0 Å². The van der Waals surface area contributed by atoms with Gasteiger partial charge < -0.3 is 11.1 Å². The molecule has 1 aromatic heterocycles. The summed E-state index contributed by atoms with van der Waals surface area (Å²) in [6, 6.07) is 7.43. The summed E-state index contributed by atoms with van der Waals surface area (Å²) in [6.45, 7) is 6.39. The van der Waals surface area contributed by atoms with Crippen LogP contribution in [0.3, 0.4) is 0 Å². The average Bonchev–Trinajstić information content (AvgIpc) is 2.93. The highest BCUT2D eigenvalue weighted by atomic mass is 32.1. The summed E-state index contributed by atoms with van der Waals surface area (Å²) in [5.74, 6) is -0.0134. The summed E-state index contributed by atoms with van der Waals surface area (Å²) in [4.78, 5) is 18.0. The maximum Gasteiger partial charge on any atom is 0.230 e. The molecule has 0 atom stereocenters. The SMILES string of the molecule is CCc1cnc(CNC(=O)C(C)(C)c2ccc(N)cc2)s1. The van der Waals surface area contributed by atoms with Crippen LogP contribution in [0.25, 0.3) is 0 Å². The third-order valence-electron chi connectivity index (χ3n) is 3.55. The number of rotatable bonds is 5. The quantitative estimate of drug-likeness (QED) is 0.835. The van der Waals surface area contributed by atoms with Gasteiger partial charge in [-0.15, -0.1) is 11.3 Å². The van der Waals surface area contributed by atoms with Crippen molar-refractivity contribution in [3.8, 4) is 0 Å². The predicted octanol–water partition coefficient (Wildman–Crippen LogP) is 2.88. The molecule has 0 aliphatic heterocycles. The van der Waals surface area contributed by atoms with Gasteiger partial charge in [-0.1, -0.05) is 19.1 Å². The Bertz CT molecular complexity index is 617. The van der Waals surface area contributed by atoms with E-state index in [1.807, 2.05) is 44.3 Å². The molecule has 0 saturated carbocycles. The molecule has 0 aliphatic rings. The molecule has 1 aromatic carbocycles. The largest absolute Gasteiger partial charge is 0.399 e. The number of anilines is 1. The molecule has 1 amide bonds. The highest BCUT2D eigenvalue weighted by Crippen LogP contribution is 2.24. The summed E-state index contributed by atoms with van der Waals surface area (Å²) >= 11 is 1.64. The number of carbonyl (C=O) groups is 1. The fourth-order valence-corrected chi connectivity index (χ4v) is 2.80. The number of hydrogen-bond donors (Lipinski definition) is 2. The number of aryl methyl sites for hydroxylation is 1. The Kier molecular flexibility index (Phi) is 4.63. The maximum absolute atomic E-state index is 12.4. The average molecular weight is 303 g/mol. The van der Waals surface area contributed by atoms with Gasteiger partial charge in [0, 0.05) is 16.8 Å². The maximum atomic E-state index is 12.4. The molecule has 2 rings (SSSR count). The summed E-state index contributed by atoms with van der Waals surface area (Å²) in [5.41, 5.74) is 6.74. The smallest absolute Gasteiger partial charge is 0.230 e. The summed E-state index contributed by atoms with van der Waals surface area (Å²) < 4.78 is 0. The number of benzene rings is 1. The zero-order chi connectivity index (χ0) is 15.5.